The lowest BCUT2D eigenvalue weighted by Crippen LogP contribution is -2.29. The van der Waals surface area contributed by atoms with E-state index in [1.54, 1.807) is 17.0 Å². The van der Waals surface area contributed by atoms with Crippen molar-refractivity contribution < 1.29 is 14.5 Å². The van der Waals surface area contributed by atoms with Crippen LogP contribution in [0.15, 0.2) is 24.3 Å². The number of hydrogen-bond acceptors (Lipinski definition) is 5. The Hall–Kier alpha value is -2.31. The number of nitrogens with zero attached hydrogens (tertiary/aromatic N) is 2. The molecule has 1 fully saturated rings. The molecule has 18 heavy (non-hydrogen) atoms. The van der Waals surface area contributed by atoms with Gasteiger partial charge in [0.1, 0.15) is 6.61 Å². The Morgan fingerprint density at radius 1 is 1.50 bits per heavy atom. The van der Waals surface area contributed by atoms with Gasteiger partial charge in [0.2, 0.25) is 0 Å². The van der Waals surface area contributed by atoms with Crippen LogP contribution in [0.4, 0.5) is 16.2 Å². The van der Waals surface area contributed by atoms with Crippen LogP contribution >= 0.6 is 0 Å². The molecule has 0 spiro atoms. The number of non-ortho nitro benzene ring substituents is 1. The molecule has 0 unspecified atom stereocenters. The molecule has 0 aliphatic carbocycles. The standard InChI is InChI=1S/C11H13N3O4/c15-11-13(6-7-18-11)5-4-12-9-2-1-3-10(8-9)14(16)17/h1-3,8,12H,4-7H2. The van der Waals surface area contributed by atoms with Gasteiger partial charge in [-0.25, -0.2) is 4.79 Å². The number of amides is 1. The molecule has 96 valence electrons. The lowest BCUT2D eigenvalue weighted by Gasteiger charge is -2.13. The van der Waals surface area contributed by atoms with Gasteiger partial charge < -0.3 is 15.0 Å². The number of anilines is 1. The van der Waals surface area contributed by atoms with Crippen molar-refractivity contribution >= 4 is 17.5 Å². The van der Waals surface area contributed by atoms with Gasteiger partial charge >= 0.3 is 6.09 Å². The summed E-state index contributed by atoms with van der Waals surface area (Å²) in [5, 5.41) is 13.6. The second-order valence-electron chi connectivity index (χ2n) is 3.84. The fourth-order valence-corrected chi connectivity index (χ4v) is 1.69. The molecule has 0 atom stereocenters. The number of carbonyl (C=O) groups is 1. The maximum absolute atomic E-state index is 11.1. The molecule has 1 aromatic rings. The van der Waals surface area contributed by atoms with Crippen molar-refractivity contribution in [1.29, 1.82) is 0 Å². The highest BCUT2D eigenvalue weighted by Crippen LogP contribution is 2.16. The molecule has 1 N–H and O–H groups in total. The zero-order chi connectivity index (χ0) is 13.0. The maximum Gasteiger partial charge on any atom is 0.409 e. The van der Waals surface area contributed by atoms with E-state index in [2.05, 4.69) is 5.32 Å². The minimum absolute atomic E-state index is 0.0422. The molecule has 7 nitrogen and oxygen atoms in total. The second kappa shape index (κ2) is 5.35. The third kappa shape index (κ3) is 2.88. The van der Waals surface area contributed by atoms with Crippen molar-refractivity contribution in [3.8, 4) is 0 Å². The number of rotatable bonds is 5. The van der Waals surface area contributed by atoms with E-state index in [9.17, 15) is 14.9 Å². The smallest absolute Gasteiger partial charge is 0.409 e. The van der Waals surface area contributed by atoms with E-state index in [-0.39, 0.29) is 11.8 Å². The Kier molecular flexibility index (Phi) is 3.61. The monoisotopic (exact) mass is 251 g/mol. The minimum Gasteiger partial charge on any atom is -0.448 e. The van der Waals surface area contributed by atoms with E-state index in [0.29, 0.717) is 31.9 Å². The molecule has 1 amide bonds. The molecule has 2 rings (SSSR count). The highest BCUT2D eigenvalue weighted by atomic mass is 16.6. The molecule has 0 saturated carbocycles. The zero-order valence-corrected chi connectivity index (χ0v) is 9.67. The molecule has 0 aromatic heterocycles. The van der Waals surface area contributed by atoms with Crippen LogP contribution in [-0.2, 0) is 4.74 Å². The number of nitrogens with one attached hydrogen (secondary N) is 1. The van der Waals surface area contributed by atoms with Crippen molar-refractivity contribution in [1.82, 2.24) is 4.90 Å². The summed E-state index contributed by atoms with van der Waals surface area (Å²) in [5.74, 6) is 0. The largest absolute Gasteiger partial charge is 0.448 e. The van der Waals surface area contributed by atoms with Crippen molar-refractivity contribution in [2.24, 2.45) is 0 Å². The van der Waals surface area contributed by atoms with E-state index >= 15 is 0 Å². The predicted molar refractivity (Wildman–Crippen MR) is 64.5 cm³/mol. The Morgan fingerprint density at radius 3 is 3.00 bits per heavy atom. The molecule has 1 aliphatic rings. The van der Waals surface area contributed by atoms with Crippen LogP contribution in [0.5, 0.6) is 0 Å². The first kappa shape index (κ1) is 12.2. The van der Waals surface area contributed by atoms with E-state index in [1.807, 2.05) is 0 Å². The molecular weight excluding hydrogens is 238 g/mol. The van der Waals surface area contributed by atoms with Gasteiger partial charge in [0.15, 0.2) is 0 Å². The SMILES string of the molecule is O=C1OCCN1CCNc1cccc([N+](=O)[O-])c1. The van der Waals surface area contributed by atoms with Crippen molar-refractivity contribution in [2.45, 2.75) is 0 Å². The Morgan fingerprint density at radius 2 is 2.33 bits per heavy atom. The van der Waals surface area contributed by atoms with Gasteiger partial charge in [0.05, 0.1) is 11.5 Å². The normalized spacial score (nSPS) is 14.4. The van der Waals surface area contributed by atoms with E-state index < -0.39 is 4.92 Å². The number of nitro groups is 1. The van der Waals surface area contributed by atoms with Gasteiger partial charge in [-0.1, -0.05) is 6.07 Å². The summed E-state index contributed by atoms with van der Waals surface area (Å²) in [7, 11) is 0. The summed E-state index contributed by atoms with van der Waals surface area (Å²) < 4.78 is 4.79. The number of ether oxygens (including phenoxy) is 1. The van der Waals surface area contributed by atoms with Gasteiger partial charge in [0, 0.05) is 30.9 Å². The number of hydrogen-bond donors (Lipinski definition) is 1. The van der Waals surface area contributed by atoms with Crippen LogP contribution in [0.25, 0.3) is 0 Å². The molecular formula is C11H13N3O4. The highest BCUT2D eigenvalue weighted by molar-refractivity contribution is 5.69. The average molecular weight is 251 g/mol. The third-order valence-electron chi connectivity index (χ3n) is 2.61. The van der Waals surface area contributed by atoms with Gasteiger partial charge in [-0.05, 0) is 6.07 Å². The zero-order valence-electron chi connectivity index (χ0n) is 9.67. The van der Waals surface area contributed by atoms with Gasteiger partial charge in [0.25, 0.3) is 5.69 Å². The minimum atomic E-state index is -0.441. The number of carbonyl (C=O) groups excluding carboxylic acids is 1. The van der Waals surface area contributed by atoms with E-state index in [0.717, 1.165) is 0 Å². The summed E-state index contributed by atoms with van der Waals surface area (Å²) >= 11 is 0. The Balaban J connectivity index is 1.84. The fourth-order valence-electron chi connectivity index (χ4n) is 1.69. The molecule has 1 heterocycles. The van der Waals surface area contributed by atoms with Crippen LogP contribution in [-0.4, -0.2) is 42.2 Å². The molecule has 0 bridgehead atoms. The summed E-state index contributed by atoms with van der Waals surface area (Å²) in [6.45, 7) is 2.06. The summed E-state index contributed by atoms with van der Waals surface area (Å²) in [6, 6.07) is 6.26. The maximum atomic E-state index is 11.1. The van der Waals surface area contributed by atoms with Crippen LogP contribution in [0.1, 0.15) is 0 Å². The van der Waals surface area contributed by atoms with E-state index in [4.69, 9.17) is 4.74 Å². The molecule has 7 heteroatoms. The number of cyclic esters (lactones) is 1. The number of nitro benzene ring substituents is 1. The van der Waals surface area contributed by atoms with Gasteiger partial charge in [-0.2, -0.15) is 0 Å². The lowest BCUT2D eigenvalue weighted by atomic mass is 10.3. The number of benzene rings is 1. The summed E-state index contributed by atoms with van der Waals surface area (Å²) in [5.41, 5.74) is 0.706. The van der Waals surface area contributed by atoms with Gasteiger partial charge in [-0.15, -0.1) is 0 Å². The highest BCUT2D eigenvalue weighted by Gasteiger charge is 2.20. The Bertz CT molecular complexity index is 463. The van der Waals surface area contributed by atoms with Crippen molar-refractivity contribution in [3.05, 3.63) is 34.4 Å². The van der Waals surface area contributed by atoms with Crippen LogP contribution < -0.4 is 5.32 Å². The van der Waals surface area contributed by atoms with Gasteiger partial charge in [-0.3, -0.25) is 10.1 Å². The molecule has 1 aromatic carbocycles. The van der Waals surface area contributed by atoms with E-state index in [1.165, 1.54) is 12.1 Å². The topological polar surface area (TPSA) is 84.7 Å². The summed E-state index contributed by atoms with van der Waals surface area (Å²) in [4.78, 5) is 22.9. The molecule has 1 aliphatic heterocycles. The quantitative estimate of drug-likeness (QED) is 0.632. The lowest BCUT2D eigenvalue weighted by molar-refractivity contribution is -0.384. The van der Waals surface area contributed by atoms with Crippen LogP contribution in [0.2, 0.25) is 0 Å². The second-order valence-corrected chi connectivity index (χ2v) is 3.84. The fraction of sp³-hybridized carbons (Fsp3) is 0.364. The first-order chi connectivity index (χ1) is 8.66. The Labute approximate surface area is 103 Å². The average Bonchev–Trinajstić information content (AvgIpc) is 2.76. The first-order valence-corrected chi connectivity index (χ1v) is 5.57. The van der Waals surface area contributed by atoms with Crippen molar-refractivity contribution in [3.63, 3.8) is 0 Å². The van der Waals surface area contributed by atoms with Crippen LogP contribution in [0.3, 0.4) is 0 Å². The van der Waals surface area contributed by atoms with Crippen LogP contribution in [0, 0.1) is 10.1 Å². The first-order valence-electron chi connectivity index (χ1n) is 5.57. The predicted octanol–water partition coefficient (Wildman–Crippen LogP) is 1.46. The molecule has 1 saturated heterocycles. The molecule has 0 radical (unpaired) electrons. The third-order valence-corrected chi connectivity index (χ3v) is 2.61. The summed E-state index contributed by atoms with van der Waals surface area (Å²) in [6.07, 6.45) is -0.309. The van der Waals surface area contributed by atoms with Crippen molar-refractivity contribution in [2.75, 3.05) is 31.6 Å².